The van der Waals surface area contributed by atoms with Gasteiger partial charge < -0.3 is 11.1 Å². The number of rotatable bonds is 2. The van der Waals surface area contributed by atoms with Crippen LogP contribution in [0.25, 0.3) is 0 Å². The van der Waals surface area contributed by atoms with Crippen LogP contribution in [0.4, 0.5) is 13.2 Å². The van der Waals surface area contributed by atoms with E-state index in [-0.39, 0.29) is 12.1 Å². The van der Waals surface area contributed by atoms with E-state index in [1.807, 2.05) is 0 Å². The summed E-state index contributed by atoms with van der Waals surface area (Å²) in [5.41, 5.74) is 5.68. The first-order valence-electron chi connectivity index (χ1n) is 4.55. The summed E-state index contributed by atoms with van der Waals surface area (Å²) in [5, 5.41) is 2.46. The highest BCUT2D eigenvalue weighted by molar-refractivity contribution is 4.84. The van der Waals surface area contributed by atoms with Crippen LogP contribution in [0.15, 0.2) is 0 Å². The Morgan fingerprint density at radius 2 is 1.85 bits per heavy atom. The molecule has 0 heterocycles. The average Bonchev–Trinajstić information content (AvgIpc) is 2.01. The maximum atomic E-state index is 11.8. The molecule has 2 nitrogen and oxygen atoms in total. The van der Waals surface area contributed by atoms with Crippen molar-refractivity contribution in [2.24, 2.45) is 5.73 Å². The van der Waals surface area contributed by atoms with Crippen LogP contribution in [0, 0.1) is 0 Å². The van der Waals surface area contributed by atoms with Gasteiger partial charge in [0, 0.05) is 12.1 Å². The topological polar surface area (TPSA) is 38.0 Å². The zero-order valence-corrected chi connectivity index (χ0v) is 7.40. The summed E-state index contributed by atoms with van der Waals surface area (Å²) >= 11 is 0. The lowest BCUT2D eigenvalue weighted by Gasteiger charge is -2.29. The molecule has 1 rings (SSSR count). The lowest BCUT2D eigenvalue weighted by Crippen LogP contribution is -2.49. The fraction of sp³-hybridized carbons (Fsp3) is 1.00. The van der Waals surface area contributed by atoms with Gasteiger partial charge >= 0.3 is 6.18 Å². The van der Waals surface area contributed by atoms with Gasteiger partial charge in [0.05, 0.1) is 6.54 Å². The highest BCUT2D eigenvalue weighted by Crippen LogP contribution is 2.19. The summed E-state index contributed by atoms with van der Waals surface area (Å²) in [4.78, 5) is 0. The Labute approximate surface area is 75.7 Å². The number of halogens is 3. The molecule has 78 valence electrons. The Bertz CT molecular complexity index is 158. The van der Waals surface area contributed by atoms with Crippen molar-refractivity contribution < 1.29 is 13.2 Å². The molecule has 0 spiro atoms. The van der Waals surface area contributed by atoms with Crippen molar-refractivity contribution in [2.45, 2.75) is 43.9 Å². The van der Waals surface area contributed by atoms with E-state index in [9.17, 15) is 13.2 Å². The summed E-state index contributed by atoms with van der Waals surface area (Å²) in [6, 6.07) is -0.272. The molecule has 2 atom stereocenters. The molecule has 1 saturated carbocycles. The SMILES string of the molecule is N[C@H]1CCCC[C@H]1NCC(F)(F)F. The average molecular weight is 196 g/mol. The molecule has 1 aliphatic rings. The van der Waals surface area contributed by atoms with Crippen molar-refractivity contribution in [3.05, 3.63) is 0 Å². The molecule has 5 heteroatoms. The molecule has 1 fully saturated rings. The van der Waals surface area contributed by atoms with E-state index in [0.717, 1.165) is 25.7 Å². The molecular formula is C8H15F3N2. The third-order valence-electron chi connectivity index (χ3n) is 2.38. The molecule has 0 radical (unpaired) electrons. The Balaban J connectivity index is 2.27. The first-order valence-corrected chi connectivity index (χ1v) is 4.55. The number of nitrogens with two attached hydrogens (primary N) is 1. The zero-order chi connectivity index (χ0) is 9.90. The molecule has 1 aliphatic carbocycles. The lowest BCUT2D eigenvalue weighted by molar-refractivity contribution is -0.126. The van der Waals surface area contributed by atoms with Crippen LogP contribution in [0.2, 0.25) is 0 Å². The van der Waals surface area contributed by atoms with Crippen LogP contribution in [0.3, 0.4) is 0 Å². The predicted molar refractivity (Wildman–Crippen MR) is 44.3 cm³/mol. The Morgan fingerprint density at radius 3 is 2.38 bits per heavy atom. The molecule has 13 heavy (non-hydrogen) atoms. The molecule has 0 saturated heterocycles. The largest absolute Gasteiger partial charge is 0.401 e. The van der Waals surface area contributed by atoms with Crippen LogP contribution in [-0.2, 0) is 0 Å². The van der Waals surface area contributed by atoms with Crippen molar-refractivity contribution >= 4 is 0 Å². The second-order valence-corrected chi connectivity index (χ2v) is 3.55. The zero-order valence-electron chi connectivity index (χ0n) is 7.40. The van der Waals surface area contributed by atoms with Gasteiger partial charge in [0.25, 0.3) is 0 Å². The summed E-state index contributed by atoms with van der Waals surface area (Å²) < 4.78 is 35.5. The van der Waals surface area contributed by atoms with Gasteiger partial charge in [-0.15, -0.1) is 0 Å². The van der Waals surface area contributed by atoms with Crippen molar-refractivity contribution in [2.75, 3.05) is 6.54 Å². The van der Waals surface area contributed by atoms with Gasteiger partial charge in [-0.05, 0) is 12.8 Å². The molecule has 3 N–H and O–H groups in total. The van der Waals surface area contributed by atoms with Crippen molar-refractivity contribution in [3.8, 4) is 0 Å². The molecular weight excluding hydrogens is 181 g/mol. The highest BCUT2D eigenvalue weighted by atomic mass is 19.4. The monoisotopic (exact) mass is 196 g/mol. The summed E-state index contributed by atoms with van der Waals surface area (Å²) in [6.07, 6.45) is -0.529. The summed E-state index contributed by atoms with van der Waals surface area (Å²) in [7, 11) is 0. The van der Waals surface area contributed by atoms with Crippen molar-refractivity contribution in [1.29, 1.82) is 0 Å². The maximum Gasteiger partial charge on any atom is 0.401 e. The van der Waals surface area contributed by atoms with Gasteiger partial charge in [0.15, 0.2) is 0 Å². The Hall–Kier alpha value is -0.290. The Morgan fingerprint density at radius 1 is 1.23 bits per heavy atom. The summed E-state index contributed by atoms with van der Waals surface area (Å²) in [6.45, 7) is -0.925. The van der Waals surface area contributed by atoms with Crippen molar-refractivity contribution in [1.82, 2.24) is 5.32 Å². The minimum Gasteiger partial charge on any atom is -0.326 e. The van der Waals surface area contributed by atoms with Gasteiger partial charge in [-0.1, -0.05) is 12.8 Å². The number of nitrogens with one attached hydrogen (secondary N) is 1. The van der Waals surface area contributed by atoms with Gasteiger partial charge in [0.1, 0.15) is 0 Å². The van der Waals surface area contributed by atoms with E-state index in [0.29, 0.717) is 0 Å². The first kappa shape index (κ1) is 10.8. The molecule has 0 unspecified atom stereocenters. The fourth-order valence-electron chi connectivity index (χ4n) is 1.66. The molecule has 0 amide bonds. The maximum absolute atomic E-state index is 11.8. The molecule has 0 aliphatic heterocycles. The summed E-state index contributed by atoms with van der Waals surface area (Å²) in [5.74, 6) is 0. The standard InChI is InChI=1S/C8H15F3N2/c9-8(10,11)5-13-7-4-2-1-3-6(7)12/h6-7,13H,1-5,12H2/t6-,7+/m0/s1. The van der Waals surface area contributed by atoms with E-state index in [1.165, 1.54) is 0 Å². The third-order valence-corrected chi connectivity index (χ3v) is 2.38. The Kier molecular flexibility index (Phi) is 3.55. The lowest BCUT2D eigenvalue weighted by atomic mass is 9.91. The predicted octanol–water partition coefficient (Wildman–Crippen LogP) is 1.41. The second-order valence-electron chi connectivity index (χ2n) is 3.55. The van der Waals surface area contributed by atoms with Crippen LogP contribution >= 0.6 is 0 Å². The molecule has 0 bridgehead atoms. The second kappa shape index (κ2) is 4.28. The van der Waals surface area contributed by atoms with Crippen LogP contribution < -0.4 is 11.1 Å². The highest BCUT2D eigenvalue weighted by Gasteiger charge is 2.30. The fourth-order valence-corrected chi connectivity index (χ4v) is 1.66. The number of hydrogen-bond acceptors (Lipinski definition) is 2. The van der Waals surface area contributed by atoms with E-state index >= 15 is 0 Å². The first-order chi connectivity index (χ1) is 5.99. The minimum atomic E-state index is -4.13. The normalized spacial score (nSPS) is 30.5. The minimum absolute atomic E-state index is 0.115. The van der Waals surface area contributed by atoms with E-state index < -0.39 is 12.7 Å². The molecule has 0 aromatic heterocycles. The van der Waals surface area contributed by atoms with Crippen molar-refractivity contribution in [3.63, 3.8) is 0 Å². The quantitative estimate of drug-likeness (QED) is 0.700. The van der Waals surface area contributed by atoms with Crippen LogP contribution in [0.1, 0.15) is 25.7 Å². The molecule has 0 aromatic carbocycles. The van der Waals surface area contributed by atoms with Gasteiger partial charge in [0.2, 0.25) is 0 Å². The van der Waals surface area contributed by atoms with Crippen LogP contribution in [-0.4, -0.2) is 24.8 Å². The number of hydrogen-bond donors (Lipinski definition) is 2. The van der Waals surface area contributed by atoms with E-state index in [2.05, 4.69) is 5.32 Å². The number of alkyl halides is 3. The van der Waals surface area contributed by atoms with Gasteiger partial charge in [-0.25, -0.2) is 0 Å². The molecule has 0 aromatic rings. The van der Waals surface area contributed by atoms with E-state index in [4.69, 9.17) is 5.73 Å². The smallest absolute Gasteiger partial charge is 0.326 e. The van der Waals surface area contributed by atoms with Gasteiger partial charge in [-0.3, -0.25) is 0 Å². The van der Waals surface area contributed by atoms with Crippen LogP contribution in [0.5, 0.6) is 0 Å². The third kappa shape index (κ3) is 3.95. The van der Waals surface area contributed by atoms with Gasteiger partial charge in [-0.2, -0.15) is 13.2 Å². The van der Waals surface area contributed by atoms with E-state index in [1.54, 1.807) is 0 Å².